The van der Waals surface area contributed by atoms with Gasteiger partial charge in [-0.2, -0.15) is 16.8 Å². The summed E-state index contributed by atoms with van der Waals surface area (Å²) in [5, 5.41) is 10.1. The van der Waals surface area contributed by atoms with Crippen molar-refractivity contribution in [1.29, 1.82) is 0 Å². The Morgan fingerprint density at radius 3 is 1.54 bits per heavy atom. The number of anilines is 2. The highest BCUT2D eigenvalue weighted by Crippen LogP contribution is 2.26. The number of benzene rings is 4. The molecule has 5 aromatic heterocycles. The van der Waals surface area contributed by atoms with Crippen molar-refractivity contribution in [2.45, 2.75) is 22.8 Å². The van der Waals surface area contributed by atoms with Gasteiger partial charge in [0.25, 0.3) is 0 Å². The molecular weight excluding hydrogens is 937 g/mol. The van der Waals surface area contributed by atoms with Crippen LogP contribution < -0.4 is 29.6 Å². The van der Waals surface area contributed by atoms with Gasteiger partial charge in [-0.25, -0.2) is 34.5 Å². The largest absolute Gasteiger partial charge is 0.468 e. The molecule has 0 aliphatic heterocycles. The van der Waals surface area contributed by atoms with E-state index in [1.165, 1.54) is 61.7 Å². The minimum atomic E-state index is -4.08. The fourth-order valence-electron chi connectivity index (χ4n) is 6.35. The third-order valence-electron chi connectivity index (χ3n) is 9.70. The fourth-order valence-corrected chi connectivity index (χ4v) is 8.20. The molecule has 5 heterocycles. The van der Waals surface area contributed by atoms with Gasteiger partial charge in [0, 0.05) is 73.8 Å². The Hall–Kier alpha value is -9.04. The molecule has 9 aromatic rings. The molecule has 0 saturated heterocycles. The molecule has 0 aliphatic carbocycles. The van der Waals surface area contributed by atoms with Gasteiger partial charge in [0.1, 0.15) is 27.8 Å². The summed E-state index contributed by atoms with van der Waals surface area (Å²) < 4.78 is 71.3. The van der Waals surface area contributed by atoms with Crippen LogP contribution >= 0.6 is 0 Å². The van der Waals surface area contributed by atoms with Crippen molar-refractivity contribution in [2.24, 2.45) is 0 Å². The van der Waals surface area contributed by atoms with E-state index in [1.54, 1.807) is 89.4 Å². The average Bonchev–Trinajstić information content (AvgIpc) is 4.21. The topological polar surface area (TPSA) is 306 Å². The molecule has 6 N–H and O–H groups in total. The van der Waals surface area contributed by atoms with Gasteiger partial charge in [0.15, 0.2) is 0 Å². The molecule has 0 unspecified atom stereocenters. The first-order chi connectivity index (χ1) is 33.3. The van der Waals surface area contributed by atoms with Crippen molar-refractivity contribution in [3.63, 3.8) is 0 Å². The average molecular weight is 977 g/mol. The molecule has 0 aliphatic rings. The molecule has 4 amide bonds. The SMILES string of the molecule is COC(=O)CNC(=O)Nc1nc2ccc(OS(=O)(=O)c3ccc(-n4ccnc4)cc3)cc2[nH]1.O=C(NCCCn1ccnc1)Nc1nc2ccc(OS(=O)(=O)c3ccc(-n4ccnc4)cc3)cc2[nH]1. The maximum atomic E-state index is 12.7. The van der Waals surface area contributed by atoms with E-state index < -0.39 is 38.3 Å². The van der Waals surface area contributed by atoms with Gasteiger partial charge in [-0.1, -0.05) is 0 Å². The zero-order valence-corrected chi connectivity index (χ0v) is 37.7. The Morgan fingerprint density at radius 1 is 0.609 bits per heavy atom. The maximum absolute atomic E-state index is 12.7. The molecular formula is C43H40N14O10S2. The van der Waals surface area contributed by atoms with E-state index in [2.05, 4.69) is 60.9 Å². The molecule has 9 rings (SSSR count). The number of imidazole rings is 5. The third-order valence-corrected chi connectivity index (χ3v) is 12.2. The quantitative estimate of drug-likeness (QED) is 0.0433. The molecule has 26 heteroatoms. The predicted octanol–water partition coefficient (Wildman–Crippen LogP) is 4.74. The lowest BCUT2D eigenvalue weighted by Crippen LogP contribution is -2.34. The van der Waals surface area contributed by atoms with Crippen molar-refractivity contribution in [3.05, 3.63) is 141 Å². The number of aromatic nitrogens is 10. The number of amides is 4. The van der Waals surface area contributed by atoms with Crippen LogP contribution in [0.5, 0.6) is 11.5 Å². The van der Waals surface area contributed by atoms with Gasteiger partial charge < -0.3 is 47.4 Å². The summed E-state index contributed by atoms with van der Waals surface area (Å²) >= 11 is 0. The first kappa shape index (κ1) is 46.5. The van der Waals surface area contributed by atoms with Crippen LogP contribution in [0.1, 0.15) is 6.42 Å². The highest BCUT2D eigenvalue weighted by atomic mass is 32.2. The lowest BCUT2D eigenvalue weighted by molar-refractivity contribution is -0.139. The molecule has 0 bridgehead atoms. The number of H-pyrrole nitrogens is 2. The van der Waals surface area contributed by atoms with Crippen LogP contribution in [-0.4, -0.2) is 104 Å². The second-order valence-corrected chi connectivity index (χ2v) is 17.5. The summed E-state index contributed by atoms with van der Waals surface area (Å²) in [5.41, 5.74) is 3.47. The van der Waals surface area contributed by atoms with Gasteiger partial charge in [0.05, 0.1) is 48.2 Å². The number of hydrogen-bond acceptors (Lipinski definition) is 15. The smallest absolute Gasteiger partial charge is 0.339 e. The van der Waals surface area contributed by atoms with E-state index in [9.17, 15) is 31.2 Å². The Kier molecular flexibility index (Phi) is 13.9. The predicted molar refractivity (Wildman–Crippen MR) is 248 cm³/mol. The number of carbonyl (C=O) groups is 3. The Labute approximate surface area is 392 Å². The standard InChI is InChI=1S/C23H22N8O4S.C20H18N6O6S/c32-23(26-8-1-11-30-12-9-24-15-30)29-22-27-20-7-4-18(14-21(20)28-22)35-36(33,34)19-5-2-17(3-6-19)31-13-10-25-16-31;1-31-18(27)11-22-20(28)25-19-23-16-7-4-14(10-17(16)24-19)32-33(29,30)15-5-2-13(3-6-15)26-9-8-21-12-26/h2-7,9-10,12-16H,1,8,11H2,(H3,26,27,28,29,32);2-10,12H,11H2,1H3,(H3,22,23,24,25,28). The van der Waals surface area contributed by atoms with Crippen molar-refractivity contribution in [3.8, 4) is 22.9 Å². The van der Waals surface area contributed by atoms with E-state index in [0.717, 1.165) is 24.3 Å². The molecule has 0 radical (unpaired) electrons. The highest BCUT2D eigenvalue weighted by Gasteiger charge is 2.20. The first-order valence-corrected chi connectivity index (χ1v) is 23.3. The first-order valence-electron chi connectivity index (χ1n) is 20.5. The van der Waals surface area contributed by atoms with Crippen LogP contribution in [0.3, 0.4) is 0 Å². The summed E-state index contributed by atoms with van der Waals surface area (Å²) in [5.74, 6) is -0.101. The summed E-state index contributed by atoms with van der Waals surface area (Å²) in [6, 6.07) is 20.4. The van der Waals surface area contributed by atoms with Crippen molar-refractivity contribution < 1.29 is 44.3 Å². The van der Waals surface area contributed by atoms with Crippen LogP contribution in [0.25, 0.3) is 33.4 Å². The third kappa shape index (κ3) is 12.1. The van der Waals surface area contributed by atoms with E-state index in [-0.39, 0.29) is 39.7 Å². The number of nitrogens with zero attached hydrogens (tertiary/aromatic N) is 8. The summed E-state index contributed by atoms with van der Waals surface area (Å²) in [4.78, 5) is 61.2. The molecule has 69 heavy (non-hydrogen) atoms. The van der Waals surface area contributed by atoms with Crippen LogP contribution in [0.15, 0.2) is 151 Å². The Bertz CT molecular complexity index is 3410. The number of ether oxygens (including phenoxy) is 1. The second kappa shape index (κ2) is 20.6. The number of nitrogens with one attached hydrogen (secondary N) is 6. The van der Waals surface area contributed by atoms with Crippen LogP contribution in [-0.2, 0) is 36.3 Å². The minimum Gasteiger partial charge on any atom is -0.468 e. The molecule has 0 spiro atoms. The molecule has 0 saturated carbocycles. The molecule has 0 fully saturated rings. The van der Waals surface area contributed by atoms with Crippen LogP contribution in [0, 0.1) is 0 Å². The monoisotopic (exact) mass is 976 g/mol. The highest BCUT2D eigenvalue weighted by molar-refractivity contribution is 7.87. The molecule has 24 nitrogen and oxygen atoms in total. The Balaban J connectivity index is 0.000000187. The van der Waals surface area contributed by atoms with Crippen molar-refractivity contribution in [1.82, 2.24) is 59.2 Å². The van der Waals surface area contributed by atoms with E-state index >= 15 is 0 Å². The van der Waals surface area contributed by atoms with Crippen molar-refractivity contribution >= 4 is 72.2 Å². The van der Waals surface area contributed by atoms with E-state index in [4.69, 9.17) is 8.37 Å². The summed E-state index contributed by atoms with van der Waals surface area (Å²) in [6.07, 6.45) is 16.0. The number of fused-ring (bicyclic) bond motifs is 2. The van der Waals surface area contributed by atoms with Crippen LogP contribution in [0.2, 0.25) is 0 Å². The van der Waals surface area contributed by atoms with Gasteiger partial charge in [-0.15, -0.1) is 0 Å². The zero-order valence-electron chi connectivity index (χ0n) is 36.1. The number of aryl methyl sites for hydroxylation is 1. The van der Waals surface area contributed by atoms with E-state index in [1.807, 2.05) is 10.8 Å². The normalized spacial score (nSPS) is 11.3. The molecule has 354 valence electrons. The van der Waals surface area contributed by atoms with Crippen molar-refractivity contribution in [2.75, 3.05) is 30.8 Å². The minimum absolute atomic E-state index is 0.0132. The number of aromatic amines is 2. The van der Waals surface area contributed by atoms with Gasteiger partial charge >= 0.3 is 38.3 Å². The number of methoxy groups -OCH3 is 1. The number of carbonyl (C=O) groups excluding carboxylic acids is 3. The fraction of sp³-hybridized carbons (Fsp3) is 0.116. The number of esters is 1. The molecule has 4 aromatic carbocycles. The summed E-state index contributed by atoms with van der Waals surface area (Å²) in [6.45, 7) is 0.913. The van der Waals surface area contributed by atoms with Crippen LogP contribution in [0.4, 0.5) is 21.5 Å². The number of hydrogen-bond donors (Lipinski definition) is 6. The Morgan fingerprint density at radius 2 is 1.09 bits per heavy atom. The number of rotatable bonds is 16. The van der Waals surface area contributed by atoms with Gasteiger partial charge in [-0.3, -0.25) is 15.4 Å². The zero-order chi connectivity index (χ0) is 48.4. The molecule has 0 atom stereocenters. The van der Waals surface area contributed by atoms with Gasteiger partial charge in [0.2, 0.25) is 11.9 Å². The lowest BCUT2D eigenvalue weighted by Gasteiger charge is -2.08. The second-order valence-electron chi connectivity index (χ2n) is 14.5. The lowest BCUT2D eigenvalue weighted by atomic mass is 10.3. The van der Waals surface area contributed by atoms with E-state index in [0.29, 0.717) is 28.6 Å². The number of urea groups is 2. The van der Waals surface area contributed by atoms with Gasteiger partial charge in [-0.05, 0) is 79.2 Å². The summed E-state index contributed by atoms with van der Waals surface area (Å²) in [7, 11) is -6.93. The maximum Gasteiger partial charge on any atom is 0.339 e.